The average Bonchev–Trinajstić information content (AvgIpc) is 2.09. The van der Waals surface area contributed by atoms with E-state index < -0.39 is 12.0 Å². The molecule has 3 atom stereocenters. The van der Waals surface area contributed by atoms with Gasteiger partial charge in [0.1, 0.15) is 6.04 Å². The fourth-order valence-electron chi connectivity index (χ4n) is 2.28. The Bertz CT molecular complexity index is 205. The second kappa shape index (κ2) is 3.66. The van der Waals surface area contributed by atoms with Gasteiger partial charge in [-0.15, -0.1) is 0 Å². The van der Waals surface area contributed by atoms with Gasteiger partial charge in [-0.25, -0.2) is 0 Å². The SMILES string of the molecule is CC1CCCCC1(C)C(N)C(=O)O. The lowest BCUT2D eigenvalue weighted by atomic mass is 9.64. The van der Waals surface area contributed by atoms with Crippen molar-refractivity contribution in [2.24, 2.45) is 17.1 Å². The molecule has 0 aromatic rings. The zero-order valence-electron chi connectivity index (χ0n) is 8.42. The van der Waals surface area contributed by atoms with E-state index in [4.69, 9.17) is 10.8 Å². The molecular weight excluding hydrogens is 166 g/mol. The Morgan fingerprint density at radius 1 is 1.62 bits per heavy atom. The average molecular weight is 185 g/mol. The van der Waals surface area contributed by atoms with Crippen LogP contribution in [0, 0.1) is 11.3 Å². The third kappa shape index (κ3) is 1.85. The highest BCUT2D eigenvalue weighted by Gasteiger charge is 2.42. The van der Waals surface area contributed by atoms with E-state index in [1.807, 2.05) is 6.92 Å². The third-order valence-corrected chi connectivity index (χ3v) is 3.70. The molecule has 13 heavy (non-hydrogen) atoms. The molecule has 76 valence electrons. The summed E-state index contributed by atoms with van der Waals surface area (Å²) in [5, 5.41) is 8.89. The Morgan fingerprint density at radius 2 is 2.23 bits per heavy atom. The van der Waals surface area contributed by atoms with Gasteiger partial charge in [0.2, 0.25) is 0 Å². The summed E-state index contributed by atoms with van der Waals surface area (Å²) in [5.41, 5.74) is 5.51. The van der Waals surface area contributed by atoms with Crippen molar-refractivity contribution in [2.75, 3.05) is 0 Å². The molecule has 3 nitrogen and oxygen atoms in total. The Kier molecular flexibility index (Phi) is 2.96. The number of hydrogen-bond donors (Lipinski definition) is 2. The highest BCUT2D eigenvalue weighted by Crippen LogP contribution is 2.42. The van der Waals surface area contributed by atoms with Crippen LogP contribution in [0.5, 0.6) is 0 Å². The number of aliphatic carboxylic acids is 1. The topological polar surface area (TPSA) is 63.3 Å². The number of nitrogens with two attached hydrogens (primary N) is 1. The summed E-state index contributed by atoms with van der Waals surface area (Å²) in [6, 6.07) is -0.706. The van der Waals surface area contributed by atoms with Gasteiger partial charge < -0.3 is 10.8 Å². The van der Waals surface area contributed by atoms with Crippen LogP contribution < -0.4 is 5.73 Å². The van der Waals surface area contributed by atoms with Gasteiger partial charge in [-0.1, -0.05) is 33.1 Å². The Labute approximate surface area is 79.3 Å². The minimum atomic E-state index is -0.865. The molecule has 0 radical (unpaired) electrons. The first-order valence-electron chi connectivity index (χ1n) is 4.97. The number of rotatable bonds is 2. The molecule has 1 saturated carbocycles. The van der Waals surface area contributed by atoms with Crippen LogP contribution in [0.15, 0.2) is 0 Å². The predicted octanol–water partition coefficient (Wildman–Crippen LogP) is 1.61. The molecule has 0 aromatic carbocycles. The van der Waals surface area contributed by atoms with Gasteiger partial charge in [-0.2, -0.15) is 0 Å². The van der Waals surface area contributed by atoms with Crippen LogP contribution in [0.1, 0.15) is 39.5 Å². The summed E-state index contributed by atoms with van der Waals surface area (Å²) in [4.78, 5) is 10.8. The first-order valence-corrected chi connectivity index (χ1v) is 4.97. The van der Waals surface area contributed by atoms with Gasteiger partial charge >= 0.3 is 5.97 Å². The third-order valence-electron chi connectivity index (χ3n) is 3.70. The van der Waals surface area contributed by atoms with Crippen LogP contribution in [0.2, 0.25) is 0 Å². The Morgan fingerprint density at radius 3 is 2.69 bits per heavy atom. The van der Waals surface area contributed by atoms with Crippen molar-refractivity contribution in [2.45, 2.75) is 45.6 Å². The molecule has 0 aliphatic heterocycles. The molecular formula is C10H19NO2. The van der Waals surface area contributed by atoms with E-state index in [-0.39, 0.29) is 5.41 Å². The fraction of sp³-hybridized carbons (Fsp3) is 0.900. The number of carboxylic acid groups (broad SMARTS) is 1. The monoisotopic (exact) mass is 185 g/mol. The van der Waals surface area contributed by atoms with Crippen molar-refractivity contribution in [3.8, 4) is 0 Å². The fourth-order valence-corrected chi connectivity index (χ4v) is 2.28. The quantitative estimate of drug-likeness (QED) is 0.687. The largest absolute Gasteiger partial charge is 0.480 e. The number of hydrogen-bond acceptors (Lipinski definition) is 2. The molecule has 3 heteroatoms. The van der Waals surface area contributed by atoms with Crippen molar-refractivity contribution in [1.82, 2.24) is 0 Å². The van der Waals surface area contributed by atoms with Crippen molar-refractivity contribution < 1.29 is 9.90 Å². The van der Waals surface area contributed by atoms with E-state index in [2.05, 4.69) is 6.92 Å². The molecule has 0 amide bonds. The predicted molar refractivity (Wildman–Crippen MR) is 51.4 cm³/mol. The maximum Gasteiger partial charge on any atom is 0.321 e. The van der Waals surface area contributed by atoms with E-state index in [1.165, 1.54) is 6.42 Å². The van der Waals surface area contributed by atoms with Crippen LogP contribution in [-0.4, -0.2) is 17.1 Å². The van der Waals surface area contributed by atoms with Crippen molar-refractivity contribution in [1.29, 1.82) is 0 Å². The Hall–Kier alpha value is -0.570. The van der Waals surface area contributed by atoms with Gasteiger partial charge in [-0.05, 0) is 17.8 Å². The molecule has 1 fully saturated rings. The van der Waals surface area contributed by atoms with Gasteiger partial charge in [0.05, 0.1) is 0 Å². The summed E-state index contributed by atoms with van der Waals surface area (Å²) >= 11 is 0. The zero-order valence-corrected chi connectivity index (χ0v) is 8.42. The maximum atomic E-state index is 10.8. The van der Waals surface area contributed by atoms with E-state index in [0.29, 0.717) is 5.92 Å². The van der Waals surface area contributed by atoms with Crippen LogP contribution in [0.4, 0.5) is 0 Å². The highest BCUT2D eigenvalue weighted by molar-refractivity contribution is 5.74. The number of carboxylic acids is 1. The van der Waals surface area contributed by atoms with Gasteiger partial charge in [0.15, 0.2) is 0 Å². The minimum Gasteiger partial charge on any atom is -0.480 e. The van der Waals surface area contributed by atoms with Gasteiger partial charge in [0.25, 0.3) is 0 Å². The van der Waals surface area contributed by atoms with Crippen LogP contribution in [0.25, 0.3) is 0 Å². The van der Waals surface area contributed by atoms with E-state index >= 15 is 0 Å². The standard InChI is InChI=1S/C10H19NO2/c1-7-5-3-4-6-10(7,2)8(11)9(12)13/h7-8H,3-6,11H2,1-2H3,(H,12,13). The minimum absolute atomic E-state index is 0.204. The smallest absolute Gasteiger partial charge is 0.321 e. The van der Waals surface area contributed by atoms with E-state index in [9.17, 15) is 4.79 Å². The summed E-state index contributed by atoms with van der Waals surface area (Å²) in [5.74, 6) is -0.441. The number of carbonyl (C=O) groups is 1. The zero-order chi connectivity index (χ0) is 10.1. The molecule has 1 rings (SSSR count). The molecule has 0 bridgehead atoms. The van der Waals surface area contributed by atoms with Crippen molar-refractivity contribution in [3.05, 3.63) is 0 Å². The van der Waals surface area contributed by atoms with Crippen LogP contribution >= 0.6 is 0 Å². The maximum absolute atomic E-state index is 10.8. The van der Waals surface area contributed by atoms with Crippen molar-refractivity contribution >= 4 is 5.97 Å². The first-order chi connectivity index (χ1) is 5.98. The van der Waals surface area contributed by atoms with Crippen molar-refractivity contribution in [3.63, 3.8) is 0 Å². The van der Waals surface area contributed by atoms with Gasteiger partial charge in [0, 0.05) is 0 Å². The Balaban J connectivity index is 2.77. The lowest BCUT2D eigenvalue weighted by Crippen LogP contribution is -2.50. The molecule has 0 heterocycles. The van der Waals surface area contributed by atoms with Gasteiger partial charge in [-0.3, -0.25) is 4.79 Å². The molecule has 3 unspecified atom stereocenters. The molecule has 0 spiro atoms. The second-order valence-corrected chi connectivity index (χ2v) is 4.47. The lowest BCUT2D eigenvalue weighted by molar-refractivity contribution is -0.143. The highest BCUT2D eigenvalue weighted by atomic mass is 16.4. The molecule has 0 aromatic heterocycles. The first kappa shape index (κ1) is 10.5. The lowest BCUT2D eigenvalue weighted by Gasteiger charge is -2.42. The molecule has 3 N–H and O–H groups in total. The molecule has 1 aliphatic carbocycles. The second-order valence-electron chi connectivity index (χ2n) is 4.47. The van der Waals surface area contributed by atoms with E-state index in [1.54, 1.807) is 0 Å². The van der Waals surface area contributed by atoms with E-state index in [0.717, 1.165) is 19.3 Å². The summed E-state index contributed by atoms with van der Waals surface area (Å²) in [7, 11) is 0. The van der Waals surface area contributed by atoms with Crippen LogP contribution in [-0.2, 0) is 4.79 Å². The summed E-state index contributed by atoms with van der Waals surface area (Å²) < 4.78 is 0. The summed E-state index contributed by atoms with van der Waals surface area (Å²) in [6.45, 7) is 4.12. The van der Waals surface area contributed by atoms with Crippen LogP contribution in [0.3, 0.4) is 0 Å². The molecule has 0 saturated heterocycles. The molecule has 1 aliphatic rings. The normalized spacial score (nSPS) is 37.0. The summed E-state index contributed by atoms with van der Waals surface area (Å²) in [6.07, 6.45) is 4.38.